The van der Waals surface area contributed by atoms with Crippen LogP contribution in [0.2, 0.25) is 0 Å². The Labute approximate surface area is 105 Å². The molecule has 0 atom stereocenters. The first-order valence-corrected chi connectivity index (χ1v) is 5.41. The van der Waals surface area contributed by atoms with Gasteiger partial charge in [0.05, 0.1) is 19.5 Å². The van der Waals surface area contributed by atoms with Crippen molar-refractivity contribution in [1.82, 2.24) is 9.97 Å². The number of ether oxygens (including phenoxy) is 1. The van der Waals surface area contributed by atoms with E-state index in [4.69, 9.17) is 10.00 Å². The summed E-state index contributed by atoms with van der Waals surface area (Å²) < 4.78 is 5.08. The molecule has 1 aromatic heterocycles. The summed E-state index contributed by atoms with van der Waals surface area (Å²) in [5.41, 5.74) is 1.42. The van der Waals surface area contributed by atoms with Crippen LogP contribution in [0.3, 0.4) is 0 Å². The third-order valence-corrected chi connectivity index (χ3v) is 2.40. The van der Waals surface area contributed by atoms with Gasteiger partial charge >= 0.3 is 0 Å². The van der Waals surface area contributed by atoms with Gasteiger partial charge in [0.1, 0.15) is 17.6 Å². The van der Waals surface area contributed by atoms with Crippen molar-refractivity contribution in [2.75, 3.05) is 12.4 Å². The predicted octanol–water partition coefficient (Wildman–Crippen LogP) is 1.97. The maximum Gasteiger partial charge on any atom is 0.158 e. The predicted molar refractivity (Wildman–Crippen MR) is 67.1 cm³/mol. The van der Waals surface area contributed by atoms with Crippen LogP contribution >= 0.6 is 0 Å². The molecule has 5 heteroatoms. The van der Waals surface area contributed by atoms with Crippen molar-refractivity contribution < 1.29 is 4.74 Å². The monoisotopic (exact) mass is 240 g/mol. The number of nitrogens with one attached hydrogen (secondary N) is 1. The lowest BCUT2D eigenvalue weighted by Crippen LogP contribution is -2.02. The molecule has 18 heavy (non-hydrogen) atoms. The molecular formula is C13H12N4O. The van der Waals surface area contributed by atoms with Crippen molar-refractivity contribution in [2.45, 2.75) is 6.54 Å². The molecule has 5 nitrogen and oxygen atoms in total. The average Bonchev–Trinajstić information content (AvgIpc) is 2.46. The molecule has 0 amide bonds. The van der Waals surface area contributed by atoms with E-state index in [1.165, 1.54) is 6.20 Å². The Bertz CT molecular complexity index is 543. The molecule has 0 unspecified atom stereocenters. The normalized spacial score (nSPS) is 9.56. The molecule has 90 valence electrons. The molecule has 0 bridgehead atoms. The van der Waals surface area contributed by atoms with Crippen LogP contribution in [0.25, 0.3) is 0 Å². The number of benzene rings is 1. The van der Waals surface area contributed by atoms with Gasteiger partial charge in [-0.1, -0.05) is 12.1 Å². The molecule has 1 heterocycles. The van der Waals surface area contributed by atoms with Gasteiger partial charge in [-0.3, -0.25) is 0 Å². The minimum Gasteiger partial charge on any atom is -0.497 e. The Hall–Kier alpha value is -2.61. The Morgan fingerprint density at radius 2 is 2.00 bits per heavy atom. The SMILES string of the molecule is COc1ccc(CNc2cnc(C#N)cn2)cc1. The summed E-state index contributed by atoms with van der Waals surface area (Å²) in [7, 11) is 1.64. The van der Waals surface area contributed by atoms with Gasteiger partial charge in [-0.2, -0.15) is 5.26 Å². The van der Waals surface area contributed by atoms with Crippen LogP contribution in [0.5, 0.6) is 5.75 Å². The number of hydrogen-bond acceptors (Lipinski definition) is 5. The van der Waals surface area contributed by atoms with Crippen molar-refractivity contribution >= 4 is 5.82 Å². The molecule has 0 radical (unpaired) electrons. The molecule has 0 aliphatic heterocycles. The summed E-state index contributed by atoms with van der Waals surface area (Å²) in [5.74, 6) is 1.47. The number of nitrogens with zero attached hydrogens (tertiary/aromatic N) is 3. The minimum absolute atomic E-state index is 0.310. The maximum absolute atomic E-state index is 8.60. The van der Waals surface area contributed by atoms with Crippen LogP contribution < -0.4 is 10.1 Å². The van der Waals surface area contributed by atoms with Crippen molar-refractivity contribution in [2.24, 2.45) is 0 Å². The maximum atomic E-state index is 8.60. The highest BCUT2D eigenvalue weighted by molar-refractivity contribution is 5.35. The number of nitriles is 1. The Morgan fingerprint density at radius 3 is 2.56 bits per heavy atom. The van der Waals surface area contributed by atoms with E-state index in [2.05, 4.69) is 15.3 Å². The molecule has 0 aliphatic rings. The zero-order valence-corrected chi connectivity index (χ0v) is 9.92. The van der Waals surface area contributed by atoms with Gasteiger partial charge in [0.25, 0.3) is 0 Å². The van der Waals surface area contributed by atoms with Crippen molar-refractivity contribution in [3.05, 3.63) is 47.9 Å². The Kier molecular flexibility index (Phi) is 3.72. The molecule has 0 saturated heterocycles. The first kappa shape index (κ1) is 11.9. The first-order chi connectivity index (χ1) is 8.81. The van der Waals surface area contributed by atoms with Crippen LogP contribution in [0, 0.1) is 11.3 Å². The van der Waals surface area contributed by atoms with Crippen LogP contribution in [-0.2, 0) is 6.54 Å². The van der Waals surface area contributed by atoms with Gasteiger partial charge in [-0.05, 0) is 17.7 Å². The van der Waals surface area contributed by atoms with E-state index in [-0.39, 0.29) is 0 Å². The highest BCUT2D eigenvalue weighted by atomic mass is 16.5. The molecule has 0 saturated carbocycles. The largest absolute Gasteiger partial charge is 0.497 e. The third kappa shape index (κ3) is 2.95. The highest BCUT2D eigenvalue weighted by Crippen LogP contribution is 2.12. The summed E-state index contributed by atoms with van der Waals surface area (Å²) >= 11 is 0. The molecule has 0 spiro atoms. The quantitative estimate of drug-likeness (QED) is 0.884. The summed E-state index contributed by atoms with van der Waals surface area (Å²) in [6.07, 6.45) is 2.98. The lowest BCUT2D eigenvalue weighted by Gasteiger charge is -2.06. The second kappa shape index (κ2) is 5.64. The second-order valence-corrected chi connectivity index (χ2v) is 3.60. The summed E-state index contributed by atoms with van der Waals surface area (Å²) in [6, 6.07) is 9.68. The fourth-order valence-electron chi connectivity index (χ4n) is 1.41. The van der Waals surface area contributed by atoms with Crippen LogP contribution in [-0.4, -0.2) is 17.1 Å². The molecule has 1 N–H and O–H groups in total. The van der Waals surface area contributed by atoms with Gasteiger partial charge in [-0.15, -0.1) is 0 Å². The van der Waals surface area contributed by atoms with E-state index in [0.29, 0.717) is 18.1 Å². The molecule has 0 fully saturated rings. The Morgan fingerprint density at radius 1 is 1.22 bits per heavy atom. The molecule has 2 rings (SSSR count). The van der Waals surface area contributed by atoms with E-state index < -0.39 is 0 Å². The van der Waals surface area contributed by atoms with E-state index in [9.17, 15) is 0 Å². The minimum atomic E-state index is 0.310. The number of methoxy groups -OCH3 is 1. The second-order valence-electron chi connectivity index (χ2n) is 3.60. The molecular weight excluding hydrogens is 228 g/mol. The van der Waals surface area contributed by atoms with Crippen molar-refractivity contribution in [1.29, 1.82) is 5.26 Å². The standard InChI is InChI=1S/C13H12N4O/c1-18-12-4-2-10(3-5-12)7-16-13-9-15-11(6-14)8-17-13/h2-5,8-9H,7H2,1H3,(H,16,17). The van der Waals surface area contributed by atoms with E-state index in [1.54, 1.807) is 13.3 Å². The fraction of sp³-hybridized carbons (Fsp3) is 0.154. The average molecular weight is 240 g/mol. The molecule has 0 aliphatic carbocycles. The van der Waals surface area contributed by atoms with Gasteiger partial charge < -0.3 is 10.1 Å². The first-order valence-electron chi connectivity index (χ1n) is 5.41. The van der Waals surface area contributed by atoms with Gasteiger partial charge in [0, 0.05) is 6.54 Å². The Balaban J connectivity index is 1.95. The molecule has 2 aromatic rings. The van der Waals surface area contributed by atoms with Gasteiger partial charge in [0.2, 0.25) is 0 Å². The van der Waals surface area contributed by atoms with Crippen LogP contribution in [0.15, 0.2) is 36.7 Å². The zero-order chi connectivity index (χ0) is 12.8. The van der Waals surface area contributed by atoms with Crippen molar-refractivity contribution in [3.8, 4) is 11.8 Å². The highest BCUT2D eigenvalue weighted by Gasteiger charge is 1.97. The smallest absolute Gasteiger partial charge is 0.158 e. The van der Waals surface area contributed by atoms with Gasteiger partial charge in [0.15, 0.2) is 5.69 Å². The number of hydrogen-bond donors (Lipinski definition) is 1. The topological polar surface area (TPSA) is 70.8 Å². The number of anilines is 1. The van der Waals surface area contributed by atoms with Crippen LogP contribution in [0.4, 0.5) is 5.82 Å². The van der Waals surface area contributed by atoms with E-state index in [0.717, 1.165) is 11.3 Å². The van der Waals surface area contributed by atoms with E-state index >= 15 is 0 Å². The number of rotatable bonds is 4. The summed E-state index contributed by atoms with van der Waals surface area (Å²) in [6.45, 7) is 0.643. The lowest BCUT2D eigenvalue weighted by molar-refractivity contribution is 0.414. The fourth-order valence-corrected chi connectivity index (χ4v) is 1.41. The van der Waals surface area contributed by atoms with Crippen LogP contribution in [0.1, 0.15) is 11.3 Å². The summed E-state index contributed by atoms with van der Waals surface area (Å²) in [5, 5.41) is 11.7. The van der Waals surface area contributed by atoms with E-state index in [1.807, 2.05) is 30.3 Å². The molecule has 1 aromatic carbocycles. The summed E-state index contributed by atoms with van der Waals surface area (Å²) in [4.78, 5) is 8.01. The third-order valence-electron chi connectivity index (χ3n) is 2.40. The van der Waals surface area contributed by atoms with Crippen molar-refractivity contribution in [3.63, 3.8) is 0 Å². The van der Waals surface area contributed by atoms with Gasteiger partial charge in [-0.25, -0.2) is 9.97 Å². The lowest BCUT2D eigenvalue weighted by atomic mass is 10.2. The zero-order valence-electron chi connectivity index (χ0n) is 9.92. The number of aromatic nitrogens is 2.